The second-order valence-corrected chi connectivity index (χ2v) is 6.52. The lowest BCUT2D eigenvalue weighted by Gasteiger charge is -2.10. The number of nitrogens with one attached hydrogen (secondary N) is 1. The molecule has 7 nitrogen and oxygen atoms in total. The molecule has 2 aromatic carbocycles. The zero-order chi connectivity index (χ0) is 21.3. The third kappa shape index (κ3) is 4.67. The van der Waals surface area contributed by atoms with Crippen molar-refractivity contribution >= 4 is 11.7 Å². The number of amides is 1. The van der Waals surface area contributed by atoms with Crippen molar-refractivity contribution in [1.82, 2.24) is 15.1 Å². The van der Waals surface area contributed by atoms with Crippen molar-refractivity contribution in [3.05, 3.63) is 84.1 Å². The maximum absolute atomic E-state index is 12.5. The lowest BCUT2D eigenvalue weighted by atomic mass is 10.1. The van der Waals surface area contributed by atoms with Crippen LogP contribution in [0, 0.1) is 11.3 Å². The van der Waals surface area contributed by atoms with Gasteiger partial charge in [-0.05, 0) is 37.1 Å². The first kappa shape index (κ1) is 20.7. The van der Waals surface area contributed by atoms with Gasteiger partial charge in [0.15, 0.2) is 0 Å². The number of nitriles is 1. The molecule has 1 amide bonds. The van der Waals surface area contributed by atoms with Gasteiger partial charge < -0.3 is 15.8 Å². The third-order valence-electron chi connectivity index (χ3n) is 4.47. The van der Waals surface area contributed by atoms with E-state index in [0.717, 1.165) is 5.69 Å². The average Bonchev–Trinajstić information content (AvgIpc) is 3.11. The minimum Gasteiger partial charge on any atom is -0.489 e. The van der Waals surface area contributed by atoms with E-state index in [1.165, 1.54) is 0 Å². The van der Waals surface area contributed by atoms with Gasteiger partial charge in [-0.2, -0.15) is 10.4 Å². The molecule has 3 rings (SSSR count). The standard InChI is InChI=1S/C23H23N5O2/c1-2-15-30-21-13-7-6-11-18(21)23(29)26-14-8-12-20-19(16-24)22(25)28(27-20)17-9-4-3-5-10-17/h2-7,9-11,13H,1,8,12,14-15,25H2,(H,26,29). The largest absolute Gasteiger partial charge is 0.489 e. The Hall–Kier alpha value is -4.05. The van der Waals surface area contributed by atoms with Gasteiger partial charge in [-0.3, -0.25) is 4.79 Å². The number of hydrogen-bond donors (Lipinski definition) is 2. The van der Waals surface area contributed by atoms with Crippen LogP contribution in [0.15, 0.2) is 67.3 Å². The maximum atomic E-state index is 12.5. The van der Waals surface area contributed by atoms with E-state index < -0.39 is 0 Å². The second-order valence-electron chi connectivity index (χ2n) is 6.52. The fourth-order valence-corrected chi connectivity index (χ4v) is 3.02. The van der Waals surface area contributed by atoms with E-state index in [4.69, 9.17) is 10.5 Å². The smallest absolute Gasteiger partial charge is 0.255 e. The van der Waals surface area contributed by atoms with Crippen LogP contribution >= 0.6 is 0 Å². The Balaban J connectivity index is 1.62. The number of carbonyl (C=O) groups is 1. The number of aromatic nitrogens is 2. The fourth-order valence-electron chi connectivity index (χ4n) is 3.02. The number of ether oxygens (including phenoxy) is 1. The molecule has 0 atom stereocenters. The average molecular weight is 401 g/mol. The Bertz CT molecular complexity index is 1070. The van der Waals surface area contributed by atoms with Gasteiger partial charge in [-0.15, -0.1) is 0 Å². The Labute approximate surface area is 175 Å². The summed E-state index contributed by atoms with van der Waals surface area (Å²) in [6.45, 7) is 4.37. The maximum Gasteiger partial charge on any atom is 0.255 e. The van der Waals surface area contributed by atoms with Crippen LogP contribution in [0.25, 0.3) is 5.69 Å². The molecule has 30 heavy (non-hydrogen) atoms. The summed E-state index contributed by atoms with van der Waals surface area (Å²) in [5, 5.41) is 16.9. The van der Waals surface area contributed by atoms with E-state index in [9.17, 15) is 10.1 Å². The molecule has 152 valence electrons. The van der Waals surface area contributed by atoms with Crippen LogP contribution < -0.4 is 15.8 Å². The van der Waals surface area contributed by atoms with E-state index in [1.807, 2.05) is 36.4 Å². The van der Waals surface area contributed by atoms with Crippen molar-refractivity contribution in [2.45, 2.75) is 12.8 Å². The summed E-state index contributed by atoms with van der Waals surface area (Å²) in [5.41, 5.74) is 8.36. The van der Waals surface area contributed by atoms with Crippen molar-refractivity contribution < 1.29 is 9.53 Å². The molecule has 0 saturated carbocycles. The number of hydrogen-bond acceptors (Lipinski definition) is 5. The molecule has 0 saturated heterocycles. The molecular weight excluding hydrogens is 378 g/mol. The van der Waals surface area contributed by atoms with Gasteiger partial charge in [0, 0.05) is 6.54 Å². The molecule has 0 spiro atoms. The van der Waals surface area contributed by atoms with E-state index in [-0.39, 0.29) is 5.91 Å². The highest BCUT2D eigenvalue weighted by molar-refractivity contribution is 5.96. The highest BCUT2D eigenvalue weighted by atomic mass is 16.5. The monoisotopic (exact) mass is 401 g/mol. The molecule has 7 heteroatoms. The van der Waals surface area contributed by atoms with Gasteiger partial charge >= 0.3 is 0 Å². The number of para-hydroxylation sites is 2. The van der Waals surface area contributed by atoms with Crippen molar-refractivity contribution in [1.29, 1.82) is 5.26 Å². The van der Waals surface area contributed by atoms with Crippen molar-refractivity contribution in [2.75, 3.05) is 18.9 Å². The number of anilines is 1. The number of nitrogens with zero attached hydrogens (tertiary/aromatic N) is 3. The van der Waals surface area contributed by atoms with E-state index >= 15 is 0 Å². The lowest BCUT2D eigenvalue weighted by Crippen LogP contribution is -2.25. The molecule has 0 fully saturated rings. The topological polar surface area (TPSA) is 106 Å². The predicted molar refractivity (Wildman–Crippen MR) is 115 cm³/mol. The van der Waals surface area contributed by atoms with Gasteiger partial charge in [0.2, 0.25) is 0 Å². The van der Waals surface area contributed by atoms with Gasteiger partial charge in [-0.25, -0.2) is 4.68 Å². The minimum absolute atomic E-state index is 0.218. The predicted octanol–water partition coefficient (Wildman–Crippen LogP) is 3.25. The second kappa shape index (κ2) is 9.94. The molecule has 0 unspecified atom stereocenters. The van der Waals surface area contributed by atoms with Gasteiger partial charge in [0.1, 0.15) is 29.8 Å². The highest BCUT2D eigenvalue weighted by Crippen LogP contribution is 2.21. The summed E-state index contributed by atoms with van der Waals surface area (Å²) in [7, 11) is 0. The van der Waals surface area contributed by atoms with Crippen LogP contribution in [0.3, 0.4) is 0 Å². The quantitative estimate of drug-likeness (QED) is 0.423. The van der Waals surface area contributed by atoms with E-state index in [1.54, 1.807) is 29.0 Å². The van der Waals surface area contributed by atoms with Gasteiger partial charge in [0.25, 0.3) is 5.91 Å². The van der Waals surface area contributed by atoms with Crippen LogP contribution in [0.2, 0.25) is 0 Å². The summed E-state index contributed by atoms with van der Waals surface area (Å²) in [6.07, 6.45) is 2.75. The molecule has 0 aliphatic heterocycles. The summed E-state index contributed by atoms with van der Waals surface area (Å²) in [5.74, 6) is 0.608. The zero-order valence-corrected chi connectivity index (χ0v) is 16.5. The number of nitrogens with two attached hydrogens (primary N) is 1. The molecule has 3 aromatic rings. The number of carbonyl (C=O) groups excluding carboxylic acids is 1. The van der Waals surface area contributed by atoms with Gasteiger partial charge in [-0.1, -0.05) is 43.0 Å². The molecule has 0 aliphatic rings. The van der Waals surface area contributed by atoms with Crippen LogP contribution in [0.5, 0.6) is 5.75 Å². The first-order valence-electron chi connectivity index (χ1n) is 9.59. The van der Waals surface area contributed by atoms with Crippen molar-refractivity contribution in [3.63, 3.8) is 0 Å². The fraction of sp³-hybridized carbons (Fsp3) is 0.174. The molecule has 0 radical (unpaired) electrons. The number of rotatable bonds is 9. The number of aryl methyl sites for hydroxylation is 1. The Morgan fingerprint density at radius 1 is 1.23 bits per heavy atom. The summed E-state index contributed by atoms with van der Waals surface area (Å²) >= 11 is 0. The van der Waals surface area contributed by atoms with Crippen LogP contribution in [0.1, 0.15) is 28.0 Å². The molecule has 1 aromatic heterocycles. The molecular formula is C23H23N5O2. The Morgan fingerprint density at radius 3 is 2.70 bits per heavy atom. The molecule has 1 heterocycles. The van der Waals surface area contributed by atoms with Crippen molar-refractivity contribution in [3.8, 4) is 17.5 Å². The Kier molecular flexibility index (Phi) is 6.85. The highest BCUT2D eigenvalue weighted by Gasteiger charge is 2.16. The first-order valence-corrected chi connectivity index (χ1v) is 9.59. The summed E-state index contributed by atoms with van der Waals surface area (Å²) in [4.78, 5) is 12.5. The van der Waals surface area contributed by atoms with Crippen LogP contribution in [-0.2, 0) is 6.42 Å². The number of benzene rings is 2. The molecule has 3 N–H and O–H groups in total. The third-order valence-corrected chi connectivity index (χ3v) is 4.47. The number of nitrogen functional groups attached to an aromatic ring is 1. The van der Waals surface area contributed by atoms with E-state index in [2.05, 4.69) is 23.1 Å². The summed E-state index contributed by atoms with van der Waals surface area (Å²) < 4.78 is 7.10. The van der Waals surface area contributed by atoms with Crippen LogP contribution in [0.4, 0.5) is 5.82 Å². The summed E-state index contributed by atoms with van der Waals surface area (Å²) in [6, 6.07) is 18.6. The van der Waals surface area contributed by atoms with E-state index in [0.29, 0.717) is 54.4 Å². The first-order chi connectivity index (χ1) is 14.7. The lowest BCUT2D eigenvalue weighted by molar-refractivity contribution is 0.0949. The van der Waals surface area contributed by atoms with Crippen molar-refractivity contribution in [2.24, 2.45) is 0 Å². The minimum atomic E-state index is -0.218. The zero-order valence-electron chi connectivity index (χ0n) is 16.5. The molecule has 0 bridgehead atoms. The Morgan fingerprint density at radius 2 is 1.97 bits per heavy atom. The normalized spacial score (nSPS) is 10.2. The van der Waals surface area contributed by atoms with Crippen LogP contribution in [-0.4, -0.2) is 28.8 Å². The van der Waals surface area contributed by atoms with Gasteiger partial charge in [0.05, 0.1) is 16.9 Å². The molecule has 0 aliphatic carbocycles. The SMILES string of the molecule is C=CCOc1ccccc1C(=O)NCCCc1nn(-c2ccccc2)c(N)c1C#N.